The number of nitrogens with zero attached hydrogens (tertiary/aromatic N) is 1. The van der Waals surface area contributed by atoms with Gasteiger partial charge < -0.3 is 19.3 Å². The highest BCUT2D eigenvalue weighted by molar-refractivity contribution is 5.39. The molecule has 0 aliphatic heterocycles. The van der Waals surface area contributed by atoms with Crippen molar-refractivity contribution in [2.24, 2.45) is 0 Å². The minimum Gasteiger partial charge on any atom is -0.490 e. The lowest BCUT2D eigenvalue weighted by molar-refractivity contribution is 0.275. The molecule has 2 rings (SSSR count). The van der Waals surface area contributed by atoms with E-state index in [4.69, 9.17) is 14.0 Å². The Morgan fingerprint density at radius 1 is 1.16 bits per heavy atom. The van der Waals surface area contributed by atoms with Gasteiger partial charge in [-0.15, -0.1) is 0 Å². The molecule has 5 nitrogen and oxygen atoms in total. The van der Waals surface area contributed by atoms with Crippen molar-refractivity contribution in [3.8, 4) is 11.5 Å². The van der Waals surface area contributed by atoms with Crippen LogP contribution in [0.4, 0.5) is 0 Å². The Morgan fingerprint density at radius 2 is 1.95 bits per heavy atom. The van der Waals surface area contributed by atoms with Crippen LogP contribution in [-0.2, 0) is 6.54 Å². The molecule has 1 N–H and O–H groups in total. The van der Waals surface area contributed by atoms with Gasteiger partial charge in [-0.1, -0.05) is 17.3 Å². The third kappa shape index (κ3) is 4.30. The summed E-state index contributed by atoms with van der Waals surface area (Å²) >= 11 is 0. The van der Waals surface area contributed by atoms with E-state index in [1.54, 1.807) is 6.26 Å². The molecular weight excluding hydrogens is 244 g/mol. The molecule has 0 spiro atoms. The summed E-state index contributed by atoms with van der Waals surface area (Å²) in [6, 6.07) is 9.50. The zero-order chi connectivity index (χ0) is 13.3. The number of benzene rings is 1. The lowest BCUT2D eigenvalue weighted by atomic mass is 10.3. The molecule has 2 aromatic rings. The van der Waals surface area contributed by atoms with Gasteiger partial charge in [0.15, 0.2) is 11.5 Å². The SMILES string of the molecule is CCOc1ccccc1OCCNCc1ccon1. The second kappa shape index (κ2) is 7.43. The van der Waals surface area contributed by atoms with Crippen LogP contribution in [0.3, 0.4) is 0 Å². The molecule has 0 fully saturated rings. The van der Waals surface area contributed by atoms with E-state index in [9.17, 15) is 0 Å². The molecule has 5 heteroatoms. The van der Waals surface area contributed by atoms with Gasteiger partial charge in [-0.3, -0.25) is 0 Å². The molecule has 0 bridgehead atoms. The third-order valence-electron chi connectivity index (χ3n) is 2.48. The van der Waals surface area contributed by atoms with E-state index in [0.29, 0.717) is 19.8 Å². The van der Waals surface area contributed by atoms with E-state index in [2.05, 4.69) is 10.5 Å². The highest BCUT2D eigenvalue weighted by Crippen LogP contribution is 2.25. The Kier molecular flexibility index (Phi) is 5.25. The normalized spacial score (nSPS) is 10.4. The fourth-order valence-corrected chi connectivity index (χ4v) is 1.62. The predicted molar refractivity (Wildman–Crippen MR) is 71.3 cm³/mol. The van der Waals surface area contributed by atoms with Gasteiger partial charge in [0.25, 0.3) is 0 Å². The zero-order valence-corrected chi connectivity index (χ0v) is 11.0. The Labute approximate surface area is 112 Å². The van der Waals surface area contributed by atoms with Crippen LogP contribution in [0.15, 0.2) is 41.1 Å². The molecule has 102 valence electrons. The second-order valence-corrected chi connectivity index (χ2v) is 3.90. The number of para-hydroxylation sites is 2. The molecule has 1 aromatic heterocycles. The molecule has 1 heterocycles. The van der Waals surface area contributed by atoms with Crippen LogP contribution < -0.4 is 14.8 Å². The van der Waals surface area contributed by atoms with Crippen molar-refractivity contribution in [3.63, 3.8) is 0 Å². The van der Waals surface area contributed by atoms with E-state index >= 15 is 0 Å². The monoisotopic (exact) mass is 262 g/mol. The van der Waals surface area contributed by atoms with Crippen LogP contribution in [0, 0.1) is 0 Å². The Bertz CT molecular complexity index is 471. The van der Waals surface area contributed by atoms with Gasteiger partial charge in [-0.05, 0) is 19.1 Å². The van der Waals surface area contributed by atoms with Crippen molar-refractivity contribution in [3.05, 3.63) is 42.3 Å². The standard InChI is InChI=1S/C14H18N2O3/c1-2-17-13-5-3-4-6-14(13)18-10-8-15-11-12-7-9-19-16-12/h3-7,9,15H,2,8,10-11H2,1H3. The summed E-state index contributed by atoms with van der Waals surface area (Å²) in [6.07, 6.45) is 1.56. The van der Waals surface area contributed by atoms with Gasteiger partial charge in [-0.2, -0.15) is 0 Å². The zero-order valence-electron chi connectivity index (χ0n) is 11.0. The molecule has 0 saturated carbocycles. The fourth-order valence-electron chi connectivity index (χ4n) is 1.62. The minimum atomic E-state index is 0.571. The van der Waals surface area contributed by atoms with Gasteiger partial charge in [0.1, 0.15) is 12.9 Å². The van der Waals surface area contributed by atoms with Gasteiger partial charge in [0.05, 0.1) is 12.3 Å². The summed E-state index contributed by atoms with van der Waals surface area (Å²) in [4.78, 5) is 0. The maximum Gasteiger partial charge on any atom is 0.161 e. The van der Waals surface area contributed by atoms with E-state index in [1.807, 2.05) is 37.3 Å². The Balaban J connectivity index is 1.70. The van der Waals surface area contributed by atoms with E-state index in [1.165, 1.54) is 0 Å². The Morgan fingerprint density at radius 3 is 2.63 bits per heavy atom. The molecule has 0 aliphatic carbocycles. The quantitative estimate of drug-likeness (QED) is 0.739. The van der Waals surface area contributed by atoms with Crippen molar-refractivity contribution in [1.29, 1.82) is 0 Å². The smallest absolute Gasteiger partial charge is 0.161 e. The lowest BCUT2D eigenvalue weighted by Gasteiger charge is -2.11. The van der Waals surface area contributed by atoms with Crippen LogP contribution in [0.5, 0.6) is 11.5 Å². The number of aromatic nitrogens is 1. The second-order valence-electron chi connectivity index (χ2n) is 3.90. The first-order valence-corrected chi connectivity index (χ1v) is 6.34. The van der Waals surface area contributed by atoms with Gasteiger partial charge in [0.2, 0.25) is 0 Å². The molecule has 0 radical (unpaired) electrons. The minimum absolute atomic E-state index is 0.571. The van der Waals surface area contributed by atoms with Gasteiger partial charge >= 0.3 is 0 Å². The first-order chi connectivity index (χ1) is 9.40. The molecule has 0 saturated heterocycles. The van der Waals surface area contributed by atoms with Crippen molar-refractivity contribution < 1.29 is 14.0 Å². The average molecular weight is 262 g/mol. The molecular formula is C14H18N2O3. The number of ether oxygens (including phenoxy) is 2. The van der Waals surface area contributed by atoms with Crippen LogP contribution in [-0.4, -0.2) is 24.9 Å². The summed E-state index contributed by atoms with van der Waals surface area (Å²) in [6.45, 7) is 4.56. The maximum atomic E-state index is 5.68. The first-order valence-electron chi connectivity index (χ1n) is 6.34. The number of hydrogen-bond donors (Lipinski definition) is 1. The highest BCUT2D eigenvalue weighted by Gasteiger charge is 2.02. The predicted octanol–water partition coefficient (Wildman–Crippen LogP) is 2.24. The summed E-state index contributed by atoms with van der Waals surface area (Å²) in [5.41, 5.74) is 0.884. The van der Waals surface area contributed by atoms with Crippen molar-refractivity contribution in [2.75, 3.05) is 19.8 Å². The molecule has 0 aliphatic rings. The average Bonchev–Trinajstić information content (AvgIpc) is 2.94. The molecule has 19 heavy (non-hydrogen) atoms. The van der Waals surface area contributed by atoms with Crippen molar-refractivity contribution in [1.82, 2.24) is 10.5 Å². The summed E-state index contributed by atoms with van der Waals surface area (Å²) in [7, 11) is 0. The lowest BCUT2D eigenvalue weighted by Crippen LogP contribution is -2.20. The van der Waals surface area contributed by atoms with Crippen molar-refractivity contribution in [2.45, 2.75) is 13.5 Å². The first kappa shape index (κ1) is 13.4. The van der Waals surface area contributed by atoms with Gasteiger partial charge in [-0.25, -0.2) is 0 Å². The fraction of sp³-hybridized carbons (Fsp3) is 0.357. The summed E-state index contributed by atoms with van der Waals surface area (Å²) in [5.74, 6) is 1.55. The summed E-state index contributed by atoms with van der Waals surface area (Å²) in [5, 5.41) is 7.03. The van der Waals surface area contributed by atoms with Crippen LogP contribution >= 0.6 is 0 Å². The topological polar surface area (TPSA) is 56.5 Å². The number of nitrogens with one attached hydrogen (secondary N) is 1. The maximum absolute atomic E-state index is 5.68. The van der Waals surface area contributed by atoms with Crippen LogP contribution in [0.1, 0.15) is 12.6 Å². The largest absolute Gasteiger partial charge is 0.490 e. The highest BCUT2D eigenvalue weighted by atomic mass is 16.5. The molecule has 0 amide bonds. The number of hydrogen-bond acceptors (Lipinski definition) is 5. The summed E-state index contributed by atoms with van der Waals surface area (Å²) < 4.78 is 15.9. The van der Waals surface area contributed by atoms with Crippen LogP contribution in [0.25, 0.3) is 0 Å². The molecule has 0 atom stereocenters. The van der Waals surface area contributed by atoms with E-state index in [0.717, 1.165) is 23.7 Å². The van der Waals surface area contributed by atoms with Crippen molar-refractivity contribution >= 4 is 0 Å². The number of rotatable bonds is 8. The molecule has 0 unspecified atom stereocenters. The van der Waals surface area contributed by atoms with Crippen LogP contribution in [0.2, 0.25) is 0 Å². The Hall–Kier alpha value is -2.01. The third-order valence-corrected chi connectivity index (χ3v) is 2.48. The van der Waals surface area contributed by atoms with E-state index < -0.39 is 0 Å². The van der Waals surface area contributed by atoms with Gasteiger partial charge in [0, 0.05) is 19.2 Å². The van der Waals surface area contributed by atoms with E-state index in [-0.39, 0.29) is 0 Å². The molecule has 1 aromatic carbocycles.